The topological polar surface area (TPSA) is 72.6 Å². The van der Waals surface area contributed by atoms with Crippen molar-refractivity contribution in [1.29, 1.82) is 0 Å². The van der Waals surface area contributed by atoms with Crippen LogP contribution in [0.15, 0.2) is 36.4 Å². The molecule has 0 aliphatic carbocycles. The second-order valence-electron chi connectivity index (χ2n) is 4.19. The highest BCUT2D eigenvalue weighted by molar-refractivity contribution is 5.52. The first-order chi connectivity index (χ1) is 8.99. The van der Waals surface area contributed by atoms with E-state index < -0.39 is 4.92 Å². The van der Waals surface area contributed by atoms with Crippen molar-refractivity contribution >= 4 is 5.69 Å². The Morgan fingerprint density at radius 1 is 1.05 bits per heavy atom. The number of nitro groups is 1. The average molecular weight is 259 g/mol. The number of phenols is 1. The van der Waals surface area contributed by atoms with E-state index in [1.807, 2.05) is 0 Å². The zero-order valence-electron chi connectivity index (χ0n) is 10.6. The van der Waals surface area contributed by atoms with Gasteiger partial charge in [0.15, 0.2) is 0 Å². The van der Waals surface area contributed by atoms with Crippen molar-refractivity contribution in [2.75, 3.05) is 0 Å². The summed E-state index contributed by atoms with van der Waals surface area (Å²) in [6.45, 7) is 3.47. The molecular weight excluding hydrogens is 246 g/mol. The number of phenolic OH excluding ortho intramolecular Hbond substituents is 1. The van der Waals surface area contributed by atoms with Crippen molar-refractivity contribution in [1.82, 2.24) is 0 Å². The maximum absolute atomic E-state index is 10.8. The van der Waals surface area contributed by atoms with Crippen LogP contribution in [0.5, 0.6) is 17.2 Å². The summed E-state index contributed by atoms with van der Waals surface area (Å²) >= 11 is 0. The van der Waals surface area contributed by atoms with Gasteiger partial charge >= 0.3 is 0 Å². The number of hydrogen-bond acceptors (Lipinski definition) is 4. The van der Waals surface area contributed by atoms with Crippen molar-refractivity contribution in [3.05, 3.63) is 57.6 Å². The molecule has 5 heteroatoms. The number of nitro benzene ring substituents is 1. The van der Waals surface area contributed by atoms with E-state index in [-0.39, 0.29) is 11.4 Å². The summed E-state index contributed by atoms with van der Waals surface area (Å²) in [6.07, 6.45) is 0. The highest BCUT2D eigenvalue weighted by atomic mass is 16.6. The van der Waals surface area contributed by atoms with Gasteiger partial charge in [-0.05, 0) is 44.2 Å². The molecule has 0 atom stereocenters. The van der Waals surface area contributed by atoms with Crippen LogP contribution in [0.3, 0.4) is 0 Å². The molecule has 0 unspecified atom stereocenters. The van der Waals surface area contributed by atoms with Gasteiger partial charge in [0.1, 0.15) is 17.2 Å². The van der Waals surface area contributed by atoms with Crippen LogP contribution in [0.25, 0.3) is 0 Å². The van der Waals surface area contributed by atoms with Crippen LogP contribution in [0.2, 0.25) is 0 Å². The lowest BCUT2D eigenvalue weighted by Gasteiger charge is -2.10. The van der Waals surface area contributed by atoms with Crippen molar-refractivity contribution in [3.8, 4) is 17.2 Å². The van der Waals surface area contributed by atoms with E-state index in [0.717, 1.165) is 5.56 Å². The summed E-state index contributed by atoms with van der Waals surface area (Å²) < 4.78 is 5.65. The number of nitrogens with zero attached hydrogens (tertiary/aromatic N) is 1. The Kier molecular flexibility index (Phi) is 3.37. The fourth-order valence-corrected chi connectivity index (χ4v) is 1.73. The van der Waals surface area contributed by atoms with Crippen molar-refractivity contribution in [2.45, 2.75) is 13.8 Å². The van der Waals surface area contributed by atoms with Gasteiger partial charge in [0.05, 0.1) is 4.92 Å². The Morgan fingerprint density at radius 3 is 2.26 bits per heavy atom. The molecule has 0 fully saturated rings. The Bertz CT molecular complexity index is 620. The van der Waals surface area contributed by atoms with Crippen LogP contribution in [0.4, 0.5) is 5.69 Å². The first kappa shape index (κ1) is 12.9. The first-order valence-corrected chi connectivity index (χ1v) is 5.70. The molecule has 0 heterocycles. The molecule has 0 saturated heterocycles. The second-order valence-corrected chi connectivity index (χ2v) is 4.19. The van der Waals surface area contributed by atoms with Gasteiger partial charge in [-0.1, -0.05) is 0 Å². The number of ether oxygens (including phenoxy) is 1. The molecule has 2 aromatic carbocycles. The Balaban J connectivity index is 2.34. The third-order valence-corrected chi connectivity index (χ3v) is 2.97. The number of rotatable bonds is 3. The van der Waals surface area contributed by atoms with Crippen LogP contribution in [-0.2, 0) is 0 Å². The summed E-state index contributed by atoms with van der Waals surface area (Å²) in [6, 6.07) is 9.30. The van der Waals surface area contributed by atoms with Gasteiger partial charge in [0, 0.05) is 17.2 Å². The predicted octanol–water partition coefficient (Wildman–Crippen LogP) is 3.71. The Labute approximate surface area is 110 Å². The maximum Gasteiger partial charge on any atom is 0.272 e. The number of aromatic hydroxyl groups is 1. The molecule has 0 saturated carbocycles. The van der Waals surface area contributed by atoms with Crippen molar-refractivity contribution < 1.29 is 14.8 Å². The summed E-state index contributed by atoms with van der Waals surface area (Å²) in [7, 11) is 0. The molecule has 2 aromatic rings. The van der Waals surface area contributed by atoms with Crippen LogP contribution in [0.1, 0.15) is 11.1 Å². The normalized spacial score (nSPS) is 10.2. The SMILES string of the molecule is Cc1c(Oc2ccc(O)cc2)ccc([N+](=O)[O-])c1C. The van der Waals surface area contributed by atoms with Crippen LogP contribution in [0, 0.1) is 24.0 Å². The van der Waals surface area contributed by atoms with E-state index in [1.165, 1.54) is 18.2 Å². The predicted molar refractivity (Wildman–Crippen MR) is 70.8 cm³/mol. The smallest absolute Gasteiger partial charge is 0.272 e. The molecule has 19 heavy (non-hydrogen) atoms. The lowest BCUT2D eigenvalue weighted by Crippen LogP contribution is -1.96. The largest absolute Gasteiger partial charge is 0.508 e. The monoisotopic (exact) mass is 259 g/mol. The lowest BCUT2D eigenvalue weighted by molar-refractivity contribution is -0.385. The second kappa shape index (κ2) is 4.97. The fraction of sp³-hybridized carbons (Fsp3) is 0.143. The minimum Gasteiger partial charge on any atom is -0.508 e. The van der Waals surface area contributed by atoms with Crippen LogP contribution < -0.4 is 4.74 Å². The molecule has 98 valence electrons. The van der Waals surface area contributed by atoms with E-state index in [4.69, 9.17) is 4.74 Å². The zero-order chi connectivity index (χ0) is 14.0. The average Bonchev–Trinajstić information content (AvgIpc) is 2.37. The molecule has 2 rings (SSSR count). The van der Waals surface area contributed by atoms with E-state index in [1.54, 1.807) is 32.0 Å². The third-order valence-electron chi connectivity index (χ3n) is 2.97. The molecular formula is C14H13NO4. The molecule has 1 N–H and O–H groups in total. The Morgan fingerprint density at radius 2 is 1.68 bits per heavy atom. The van der Waals surface area contributed by atoms with Gasteiger partial charge in [-0.15, -0.1) is 0 Å². The minimum atomic E-state index is -0.410. The molecule has 5 nitrogen and oxygen atoms in total. The third kappa shape index (κ3) is 2.65. The van der Waals surface area contributed by atoms with Gasteiger partial charge < -0.3 is 9.84 Å². The summed E-state index contributed by atoms with van der Waals surface area (Å²) in [5.74, 6) is 1.28. The summed E-state index contributed by atoms with van der Waals surface area (Å²) in [4.78, 5) is 10.4. The maximum atomic E-state index is 10.8. The lowest BCUT2D eigenvalue weighted by atomic mass is 10.1. The first-order valence-electron chi connectivity index (χ1n) is 5.70. The van der Waals surface area contributed by atoms with E-state index in [2.05, 4.69) is 0 Å². The van der Waals surface area contributed by atoms with Gasteiger partial charge in [-0.25, -0.2) is 0 Å². The Hall–Kier alpha value is -2.56. The summed E-state index contributed by atoms with van der Waals surface area (Å²) in [5.41, 5.74) is 1.39. The van der Waals surface area contributed by atoms with E-state index >= 15 is 0 Å². The minimum absolute atomic E-state index is 0.0792. The molecule has 0 aliphatic rings. The van der Waals surface area contributed by atoms with Crippen LogP contribution >= 0.6 is 0 Å². The van der Waals surface area contributed by atoms with E-state index in [9.17, 15) is 15.2 Å². The molecule has 0 aromatic heterocycles. The highest BCUT2D eigenvalue weighted by Crippen LogP contribution is 2.32. The molecule has 0 bridgehead atoms. The highest BCUT2D eigenvalue weighted by Gasteiger charge is 2.15. The van der Waals surface area contributed by atoms with Crippen molar-refractivity contribution in [2.24, 2.45) is 0 Å². The van der Waals surface area contributed by atoms with Gasteiger partial charge in [0.2, 0.25) is 0 Å². The quantitative estimate of drug-likeness (QED) is 0.673. The van der Waals surface area contributed by atoms with Gasteiger partial charge in [-0.3, -0.25) is 10.1 Å². The van der Waals surface area contributed by atoms with Gasteiger partial charge in [-0.2, -0.15) is 0 Å². The van der Waals surface area contributed by atoms with E-state index in [0.29, 0.717) is 17.1 Å². The molecule has 0 amide bonds. The number of benzene rings is 2. The molecule has 0 spiro atoms. The summed E-state index contributed by atoms with van der Waals surface area (Å²) in [5, 5.41) is 20.0. The van der Waals surface area contributed by atoms with Crippen molar-refractivity contribution in [3.63, 3.8) is 0 Å². The molecule has 0 aliphatic heterocycles. The zero-order valence-corrected chi connectivity index (χ0v) is 10.6. The standard InChI is InChI=1S/C14H13NO4/c1-9-10(2)14(8-7-13(9)15(17)18)19-12-5-3-11(16)4-6-12/h3-8,16H,1-2H3. The van der Waals surface area contributed by atoms with Crippen LogP contribution in [-0.4, -0.2) is 10.0 Å². The van der Waals surface area contributed by atoms with Gasteiger partial charge in [0.25, 0.3) is 5.69 Å². The molecule has 0 radical (unpaired) electrons. The number of hydrogen-bond donors (Lipinski definition) is 1. The fourth-order valence-electron chi connectivity index (χ4n) is 1.73.